The van der Waals surface area contributed by atoms with Crippen LogP contribution in [0.3, 0.4) is 0 Å². The van der Waals surface area contributed by atoms with Gasteiger partial charge in [0.05, 0.1) is 5.56 Å². The summed E-state index contributed by atoms with van der Waals surface area (Å²) >= 11 is 0. The molecular formula is C25H27NO2. The Morgan fingerprint density at radius 2 is 1.82 bits per heavy atom. The van der Waals surface area contributed by atoms with Crippen molar-refractivity contribution in [1.82, 2.24) is 0 Å². The third-order valence-corrected chi connectivity index (χ3v) is 6.11. The van der Waals surface area contributed by atoms with E-state index in [0.29, 0.717) is 17.5 Å². The molecule has 2 unspecified atom stereocenters. The molecule has 3 aromatic rings. The van der Waals surface area contributed by atoms with Crippen LogP contribution in [-0.2, 0) is 0 Å². The predicted molar refractivity (Wildman–Crippen MR) is 115 cm³/mol. The number of aromatic carboxylic acids is 1. The van der Waals surface area contributed by atoms with E-state index in [9.17, 15) is 9.90 Å². The van der Waals surface area contributed by atoms with Crippen molar-refractivity contribution < 1.29 is 9.90 Å². The van der Waals surface area contributed by atoms with E-state index in [1.54, 1.807) is 6.07 Å². The van der Waals surface area contributed by atoms with Crippen molar-refractivity contribution in [1.29, 1.82) is 0 Å². The molecular weight excluding hydrogens is 346 g/mol. The summed E-state index contributed by atoms with van der Waals surface area (Å²) < 4.78 is 0. The van der Waals surface area contributed by atoms with Crippen molar-refractivity contribution in [3.05, 3.63) is 77.9 Å². The van der Waals surface area contributed by atoms with Gasteiger partial charge in [-0.15, -0.1) is 0 Å². The van der Waals surface area contributed by atoms with E-state index in [0.717, 1.165) is 19.4 Å². The fourth-order valence-electron chi connectivity index (χ4n) is 4.76. The number of benzene rings is 3. The summed E-state index contributed by atoms with van der Waals surface area (Å²) in [6.45, 7) is 3.21. The van der Waals surface area contributed by atoms with E-state index < -0.39 is 5.97 Å². The van der Waals surface area contributed by atoms with Gasteiger partial charge < -0.3 is 10.0 Å². The first kappa shape index (κ1) is 18.5. The molecule has 0 saturated heterocycles. The number of hydrogen-bond acceptors (Lipinski definition) is 2. The Balaban J connectivity index is 1.62. The van der Waals surface area contributed by atoms with Crippen molar-refractivity contribution in [2.45, 2.75) is 44.6 Å². The number of carboxylic acids is 1. The van der Waals surface area contributed by atoms with Crippen molar-refractivity contribution >= 4 is 22.4 Å². The van der Waals surface area contributed by atoms with Crippen molar-refractivity contribution in [2.24, 2.45) is 0 Å². The van der Waals surface area contributed by atoms with Crippen molar-refractivity contribution in [2.75, 3.05) is 11.4 Å². The van der Waals surface area contributed by atoms with Crippen molar-refractivity contribution in [3.63, 3.8) is 0 Å². The molecule has 144 valence electrons. The minimum absolute atomic E-state index is 0.390. The Kier molecular flexibility index (Phi) is 5.34. The normalized spacial score (nSPS) is 19.5. The molecule has 1 fully saturated rings. The van der Waals surface area contributed by atoms with Gasteiger partial charge in [-0.3, -0.25) is 0 Å². The lowest BCUT2D eigenvalue weighted by atomic mass is 9.80. The molecule has 2 atom stereocenters. The van der Waals surface area contributed by atoms with E-state index in [1.807, 2.05) is 12.1 Å². The van der Waals surface area contributed by atoms with E-state index in [1.165, 1.54) is 34.9 Å². The van der Waals surface area contributed by atoms with Crippen LogP contribution in [0.25, 0.3) is 10.8 Å². The molecule has 0 aliphatic heterocycles. The number of carboxylic acid groups (broad SMARTS) is 1. The third-order valence-electron chi connectivity index (χ3n) is 6.11. The van der Waals surface area contributed by atoms with Crippen LogP contribution in [-0.4, -0.2) is 23.7 Å². The van der Waals surface area contributed by atoms with E-state index in [-0.39, 0.29) is 0 Å². The highest BCUT2D eigenvalue weighted by atomic mass is 16.4. The van der Waals surface area contributed by atoms with Gasteiger partial charge in [-0.05, 0) is 61.3 Å². The number of carbonyl (C=O) groups is 1. The summed E-state index contributed by atoms with van der Waals surface area (Å²) in [5.74, 6) is -0.428. The summed E-state index contributed by atoms with van der Waals surface area (Å²) in [6.07, 6.45) is 4.56. The molecule has 3 aromatic carbocycles. The Morgan fingerprint density at radius 1 is 1.04 bits per heavy atom. The molecule has 28 heavy (non-hydrogen) atoms. The molecule has 1 N–H and O–H groups in total. The number of hydrogen-bond donors (Lipinski definition) is 1. The van der Waals surface area contributed by atoms with Gasteiger partial charge in [-0.25, -0.2) is 4.79 Å². The fourth-order valence-corrected chi connectivity index (χ4v) is 4.76. The Labute approximate surface area is 166 Å². The highest BCUT2D eigenvalue weighted by molar-refractivity contribution is 5.94. The second-order valence-electron chi connectivity index (χ2n) is 7.73. The van der Waals surface area contributed by atoms with Crippen LogP contribution in [0.4, 0.5) is 5.69 Å². The van der Waals surface area contributed by atoms with Crippen LogP contribution in [0.15, 0.2) is 66.7 Å². The van der Waals surface area contributed by atoms with E-state index in [2.05, 4.69) is 60.4 Å². The molecule has 1 aliphatic rings. The monoisotopic (exact) mass is 373 g/mol. The lowest BCUT2D eigenvalue weighted by molar-refractivity contribution is 0.0696. The molecule has 1 saturated carbocycles. The Hall–Kier alpha value is -2.81. The highest BCUT2D eigenvalue weighted by Crippen LogP contribution is 2.38. The molecule has 3 heteroatoms. The Bertz CT molecular complexity index is 976. The molecule has 3 nitrogen and oxygen atoms in total. The van der Waals surface area contributed by atoms with Gasteiger partial charge in [0, 0.05) is 23.7 Å². The largest absolute Gasteiger partial charge is 0.478 e. The standard InChI is InChI=1S/C25H27NO2/c1-2-26(24-15-7-9-18-8-3-4-14-23(18)24)22-13-6-11-20(17-22)19-10-5-12-21(16-19)25(27)28/h3-5,7-10,12,14-16,20,22H,2,6,11,13,17H2,1H3,(H,27,28). The van der Waals surface area contributed by atoms with Gasteiger partial charge in [0.2, 0.25) is 0 Å². The van der Waals surface area contributed by atoms with Crippen LogP contribution in [0.2, 0.25) is 0 Å². The summed E-state index contributed by atoms with van der Waals surface area (Å²) in [5.41, 5.74) is 2.87. The molecule has 0 radical (unpaired) electrons. The minimum atomic E-state index is -0.847. The van der Waals surface area contributed by atoms with Gasteiger partial charge in [0.15, 0.2) is 0 Å². The van der Waals surface area contributed by atoms with Gasteiger partial charge in [-0.2, -0.15) is 0 Å². The third kappa shape index (κ3) is 3.62. The van der Waals surface area contributed by atoms with Gasteiger partial charge in [0.25, 0.3) is 0 Å². The number of fused-ring (bicyclic) bond motifs is 1. The first-order chi connectivity index (χ1) is 13.7. The zero-order valence-electron chi connectivity index (χ0n) is 16.3. The van der Waals surface area contributed by atoms with Gasteiger partial charge in [-0.1, -0.05) is 55.0 Å². The quantitative estimate of drug-likeness (QED) is 0.588. The fraction of sp³-hybridized carbons (Fsp3) is 0.320. The lowest BCUT2D eigenvalue weighted by Gasteiger charge is -2.39. The zero-order valence-corrected chi connectivity index (χ0v) is 16.3. The predicted octanol–water partition coefficient (Wildman–Crippen LogP) is 6.09. The SMILES string of the molecule is CCN(c1cccc2ccccc12)C1CCCC(c2cccc(C(=O)O)c2)C1. The van der Waals surface area contributed by atoms with Crippen LogP contribution >= 0.6 is 0 Å². The summed E-state index contributed by atoms with van der Waals surface area (Å²) in [4.78, 5) is 13.9. The van der Waals surface area contributed by atoms with Crippen LogP contribution in [0.5, 0.6) is 0 Å². The van der Waals surface area contributed by atoms with Gasteiger partial charge in [0.1, 0.15) is 0 Å². The lowest BCUT2D eigenvalue weighted by Crippen LogP contribution is -2.38. The first-order valence-electron chi connectivity index (χ1n) is 10.2. The Morgan fingerprint density at radius 3 is 2.64 bits per heavy atom. The van der Waals surface area contributed by atoms with Crippen LogP contribution < -0.4 is 4.90 Å². The average Bonchev–Trinajstić information content (AvgIpc) is 2.75. The van der Waals surface area contributed by atoms with Crippen LogP contribution in [0, 0.1) is 0 Å². The molecule has 0 aromatic heterocycles. The molecule has 4 rings (SSSR count). The maximum Gasteiger partial charge on any atom is 0.335 e. The van der Waals surface area contributed by atoms with Crippen molar-refractivity contribution in [3.8, 4) is 0 Å². The van der Waals surface area contributed by atoms with E-state index >= 15 is 0 Å². The summed E-state index contributed by atoms with van der Waals surface area (Å²) in [7, 11) is 0. The molecule has 1 aliphatic carbocycles. The second-order valence-corrected chi connectivity index (χ2v) is 7.73. The van der Waals surface area contributed by atoms with Crippen LogP contribution in [0.1, 0.15) is 54.4 Å². The molecule has 0 bridgehead atoms. The smallest absolute Gasteiger partial charge is 0.335 e. The maximum absolute atomic E-state index is 11.4. The van der Waals surface area contributed by atoms with E-state index in [4.69, 9.17) is 0 Å². The summed E-state index contributed by atoms with van der Waals surface area (Å²) in [5, 5.41) is 11.9. The molecule has 0 spiro atoms. The number of rotatable bonds is 5. The number of anilines is 1. The molecule has 0 heterocycles. The number of nitrogens with zero attached hydrogens (tertiary/aromatic N) is 1. The van der Waals surface area contributed by atoms with Gasteiger partial charge >= 0.3 is 5.97 Å². The first-order valence-corrected chi connectivity index (χ1v) is 10.2. The average molecular weight is 373 g/mol. The highest BCUT2D eigenvalue weighted by Gasteiger charge is 2.28. The minimum Gasteiger partial charge on any atom is -0.478 e. The second kappa shape index (κ2) is 8.05. The topological polar surface area (TPSA) is 40.5 Å². The zero-order chi connectivity index (χ0) is 19.5. The summed E-state index contributed by atoms with van der Waals surface area (Å²) in [6, 6.07) is 23.1. The molecule has 0 amide bonds. The maximum atomic E-state index is 11.4.